The van der Waals surface area contributed by atoms with Gasteiger partial charge in [0, 0.05) is 51.1 Å². The summed E-state index contributed by atoms with van der Waals surface area (Å²) in [5.74, 6) is -0.593. The minimum atomic E-state index is -1.01. The molecule has 10 heteroatoms. The van der Waals surface area contributed by atoms with Crippen LogP contribution in [0.4, 0.5) is 4.79 Å². The Labute approximate surface area is 211 Å². The molecule has 0 aromatic heterocycles. The average molecular weight is 500 g/mol. The number of nitrogens with zero attached hydrogens (tertiary/aromatic N) is 3. The van der Waals surface area contributed by atoms with Gasteiger partial charge in [-0.05, 0) is 62.3 Å². The number of primary amides is 1. The SMILES string of the molecule is NCC1CCC(C(=O)N2C[C@@H](N3CCN(C(N)=O)CC3)C[C@H]2C(=O)Cc2ccc(C(=O)O)cc2)CC1. The van der Waals surface area contributed by atoms with Gasteiger partial charge in [0.2, 0.25) is 5.91 Å². The molecule has 5 N–H and O–H groups in total. The van der Waals surface area contributed by atoms with Crippen LogP contribution in [0.1, 0.15) is 48.0 Å². The highest BCUT2D eigenvalue weighted by atomic mass is 16.4. The maximum Gasteiger partial charge on any atom is 0.335 e. The average Bonchev–Trinajstić information content (AvgIpc) is 3.34. The Kier molecular flexibility index (Phi) is 8.25. The quantitative estimate of drug-likeness (QED) is 0.505. The van der Waals surface area contributed by atoms with Crippen LogP contribution >= 0.6 is 0 Å². The van der Waals surface area contributed by atoms with Crippen molar-refractivity contribution in [2.75, 3.05) is 39.3 Å². The molecule has 1 aromatic rings. The Balaban J connectivity index is 1.47. The van der Waals surface area contributed by atoms with E-state index in [0.717, 1.165) is 31.2 Å². The van der Waals surface area contributed by atoms with E-state index >= 15 is 0 Å². The number of Topliss-reactive ketones (excluding diaryl/α,β-unsaturated/α-hetero) is 1. The van der Waals surface area contributed by atoms with E-state index < -0.39 is 18.0 Å². The second-order valence-electron chi connectivity index (χ2n) is 10.4. The number of carbonyl (C=O) groups is 4. The van der Waals surface area contributed by atoms with Crippen LogP contribution in [0.5, 0.6) is 0 Å². The van der Waals surface area contributed by atoms with Crippen LogP contribution in [-0.4, -0.2) is 94.8 Å². The van der Waals surface area contributed by atoms with Crippen molar-refractivity contribution in [3.05, 3.63) is 35.4 Å². The number of likely N-dealkylation sites (tertiary alicyclic amines) is 1. The number of ketones is 1. The summed E-state index contributed by atoms with van der Waals surface area (Å²) in [5.41, 5.74) is 12.2. The molecular formula is C26H37N5O5. The van der Waals surface area contributed by atoms with Gasteiger partial charge < -0.3 is 26.4 Å². The number of hydrogen-bond acceptors (Lipinski definition) is 6. The molecule has 36 heavy (non-hydrogen) atoms. The lowest BCUT2D eigenvalue weighted by molar-refractivity contribution is -0.142. The fourth-order valence-corrected chi connectivity index (χ4v) is 5.90. The van der Waals surface area contributed by atoms with Crippen LogP contribution < -0.4 is 11.5 Å². The number of aromatic carboxylic acids is 1. The molecule has 2 saturated heterocycles. The maximum absolute atomic E-state index is 13.6. The molecule has 2 atom stereocenters. The zero-order valence-corrected chi connectivity index (χ0v) is 20.7. The molecule has 1 saturated carbocycles. The Morgan fingerprint density at radius 3 is 2.14 bits per heavy atom. The first-order valence-electron chi connectivity index (χ1n) is 12.9. The molecular weight excluding hydrogens is 462 g/mol. The van der Waals surface area contributed by atoms with Crippen LogP contribution in [0.25, 0.3) is 0 Å². The van der Waals surface area contributed by atoms with E-state index in [1.807, 2.05) is 0 Å². The number of carboxylic acid groups (broad SMARTS) is 1. The van der Waals surface area contributed by atoms with E-state index in [1.54, 1.807) is 21.9 Å². The first kappa shape index (κ1) is 26.1. The Morgan fingerprint density at radius 2 is 1.58 bits per heavy atom. The number of urea groups is 1. The highest BCUT2D eigenvalue weighted by Gasteiger charge is 2.44. The Morgan fingerprint density at radius 1 is 0.944 bits per heavy atom. The van der Waals surface area contributed by atoms with E-state index in [4.69, 9.17) is 16.6 Å². The standard InChI is InChI=1S/C26H37N5O5/c27-15-18-3-5-19(6-4-18)24(33)31-16-21(29-9-11-30(12-10-29)26(28)36)14-22(31)23(32)13-17-1-7-20(8-2-17)25(34)35/h1-2,7-8,18-19,21-22H,3-6,9-16,27H2,(H2,28,36)(H,34,35)/t18?,19?,21-,22-/m0/s1. The van der Waals surface area contributed by atoms with Crippen molar-refractivity contribution in [3.8, 4) is 0 Å². The lowest BCUT2D eigenvalue weighted by Gasteiger charge is -2.37. The predicted molar refractivity (Wildman–Crippen MR) is 133 cm³/mol. The summed E-state index contributed by atoms with van der Waals surface area (Å²) in [6, 6.07) is 5.44. The summed E-state index contributed by atoms with van der Waals surface area (Å²) in [6.07, 6.45) is 4.19. The van der Waals surface area contributed by atoms with Crippen molar-refractivity contribution in [1.29, 1.82) is 0 Å². The summed E-state index contributed by atoms with van der Waals surface area (Å²) in [6.45, 7) is 3.55. The zero-order chi connectivity index (χ0) is 25.8. The third kappa shape index (κ3) is 5.87. The van der Waals surface area contributed by atoms with Crippen molar-refractivity contribution in [2.24, 2.45) is 23.3 Å². The molecule has 3 fully saturated rings. The molecule has 4 rings (SSSR count). The normalized spacial score (nSPS) is 27.1. The molecule has 0 unspecified atom stereocenters. The molecule has 0 radical (unpaired) electrons. The van der Waals surface area contributed by atoms with Crippen molar-refractivity contribution < 1.29 is 24.3 Å². The molecule has 0 bridgehead atoms. The number of carbonyl (C=O) groups excluding carboxylic acids is 3. The van der Waals surface area contributed by atoms with Crippen molar-refractivity contribution >= 4 is 23.7 Å². The van der Waals surface area contributed by atoms with Crippen molar-refractivity contribution in [2.45, 2.75) is 50.6 Å². The number of nitrogens with two attached hydrogens (primary N) is 2. The van der Waals surface area contributed by atoms with Crippen molar-refractivity contribution in [3.63, 3.8) is 0 Å². The third-order valence-electron chi connectivity index (χ3n) is 8.18. The fraction of sp³-hybridized carbons (Fsp3) is 0.615. The molecule has 2 heterocycles. The molecule has 1 aliphatic carbocycles. The van der Waals surface area contributed by atoms with Gasteiger partial charge in [0.05, 0.1) is 11.6 Å². The summed E-state index contributed by atoms with van der Waals surface area (Å²) >= 11 is 0. The van der Waals surface area contributed by atoms with Gasteiger partial charge in [-0.2, -0.15) is 0 Å². The summed E-state index contributed by atoms with van der Waals surface area (Å²) < 4.78 is 0. The molecule has 3 amide bonds. The zero-order valence-electron chi connectivity index (χ0n) is 20.7. The van der Waals surface area contributed by atoms with Gasteiger partial charge >= 0.3 is 12.0 Å². The number of hydrogen-bond donors (Lipinski definition) is 3. The minimum Gasteiger partial charge on any atom is -0.478 e. The molecule has 10 nitrogen and oxygen atoms in total. The van der Waals surface area contributed by atoms with E-state index in [2.05, 4.69) is 4.90 Å². The third-order valence-corrected chi connectivity index (χ3v) is 8.18. The van der Waals surface area contributed by atoms with E-state index in [0.29, 0.717) is 51.6 Å². The molecule has 196 valence electrons. The van der Waals surface area contributed by atoms with Gasteiger partial charge in [-0.25, -0.2) is 9.59 Å². The largest absolute Gasteiger partial charge is 0.478 e. The molecule has 2 aliphatic heterocycles. The second kappa shape index (κ2) is 11.4. The van der Waals surface area contributed by atoms with Gasteiger partial charge in [-0.15, -0.1) is 0 Å². The van der Waals surface area contributed by atoms with Gasteiger partial charge in [-0.1, -0.05) is 12.1 Å². The number of carboxylic acids is 1. The minimum absolute atomic E-state index is 0.0275. The highest BCUT2D eigenvalue weighted by molar-refractivity contribution is 5.92. The van der Waals surface area contributed by atoms with Crippen molar-refractivity contribution in [1.82, 2.24) is 14.7 Å². The highest BCUT2D eigenvalue weighted by Crippen LogP contribution is 2.33. The van der Waals surface area contributed by atoms with E-state index in [-0.39, 0.29) is 35.6 Å². The van der Waals surface area contributed by atoms with Gasteiger partial charge in [0.25, 0.3) is 0 Å². The first-order valence-corrected chi connectivity index (χ1v) is 12.9. The predicted octanol–water partition coefficient (Wildman–Crippen LogP) is 0.927. The van der Waals surface area contributed by atoms with Crippen LogP contribution in [0.15, 0.2) is 24.3 Å². The van der Waals surface area contributed by atoms with Crippen LogP contribution in [0.2, 0.25) is 0 Å². The van der Waals surface area contributed by atoms with Gasteiger partial charge in [0.15, 0.2) is 5.78 Å². The summed E-state index contributed by atoms with van der Waals surface area (Å²) in [7, 11) is 0. The van der Waals surface area contributed by atoms with Gasteiger partial charge in [0.1, 0.15) is 0 Å². The van der Waals surface area contributed by atoms with Crippen LogP contribution in [0, 0.1) is 11.8 Å². The monoisotopic (exact) mass is 499 g/mol. The maximum atomic E-state index is 13.6. The van der Waals surface area contributed by atoms with Gasteiger partial charge in [-0.3, -0.25) is 14.5 Å². The Bertz CT molecular complexity index is 967. The lowest BCUT2D eigenvalue weighted by atomic mass is 9.81. The topological polar surface area (TPSA) is 150 Å². The van der Waals surface area contributed by atoms with Crippen LogP contribution in [0.3, 0.4) is 0 Å². The number of rotatable bonds is 7. The van der Waals surface area contributed by atoms with E-state index in [1.165, 1.54) is 12.1 Å². The summed E-state index contributed by atoms with van der Waals surface area (Å²) in [5, 5.41) is 9.13. The molecule has 3 aliphatic rings. The first-order chi connectivity index (χ1) is 17.3. The number of amides is 3. The summed E-state index contributed by atoms with van der Waals surface area (Å²) in [4.78, 5) is 55.5. The lowest BCUT2D eigenvalue weighted by Crippen LogP contribution is -2.54. The smallest absolute Gasteiger partial charge is 0.335 e. The van der Waals surface area contributed by atoms with Crippen LogP contribution in [-0.2, 0) is 16.0 Å². The fourth-order valence-electron chi connectivity index (χ4n) is 5.90. The second-order valence-corrected chi connectivity index (χ2v) is 10.4. The molecule has 1 aromatic carbocycles. The Hall–Kier alpha value is -2.98. The molecule has 0 spiro atoms. The number of benzene rings is 1. The number of piperazine rings is 1. The van der Waals surface area contributed by atoms with E-state index in [9.17, 15) is 19.2 Å².